The van der Waals surface area contributed by atoms with Crippen molar-refractivity contribution in [3.63, 3.8) is 0 Å². The quantitative estimate of drug-likeness (QED) is 0.335. The summed E-state index contributed by atoms with van der Waals surface area (Å²) in [5.74, 6) is -0.161. The zero-order valence-corrected chi connectivity index (χ0v) is 14.3. The van der Waals surface area contributed by atoms with Gasteiger partial charge in [-0.1, -0.05) is 78.6 Å². The molecule has 0 aromatic heterocycles. The Kier molecular flexibility index (Phi) is 8.72. The molecule has 0 saturated heterocycles. The van der Waals surface area contributed by atoms with E-state index in [9.17, 15) is 4.79 Å². The number of ether oxygens (including phenoxy) is 1. The third-order valence-corrected chi connectivity index (χ3v) is 4.79. The number of rotatable bonds is 12. The number of carbonyl (C=O) groups is 1. The third-order valence-electron chi connectivity index (χ3n) is 4.79. The van der Waals surface area contributed by atoms with E-state index in [-0.39, 0.29) is 17.5 Å². The highest BCUT2D eigenvalue weighted by atomic mass is 16.5. The van der Waals surface area contributed by atoms with Crippen molar-refractivity contribution in [3.05, 3.63) is 12.2 Å². The average molecular weight is 294 g/mol. The van der Waals surface area contributed by atoms with Crippen molar-refractivity contribution in [1.82, 2.24) is 0 Å². The molecular formula is C19H34O2. The first-order chi connectivity index (χ1) is 10.1. The highest BCUT2D eigenvalue weighted by Crippen LogP contribution is 2.38. The summed E-state index contributed by atoms with van der Waals surface area (Å²) in [5, 5.41) is 0. The van der Waals surface area contributed by atoms with Gasteiger partial charge in [-0.3, -0.25) is 0 Å². The zero-order valence-electron chi connectivity index (χ0n) is 14.3. The predicted octanol–water partition coefficient (Wildman–Crippen LogP) is 5.81. The second-order valence-electron chi connectivity index (χ2n) is 6.85. The summed E-state index contributed by atoms with van der Waals surface area (Å²) in [7, 11) is 0. The maximum atomic E-state index is 11.4. The lowest BCUT2D eigenvalue weighted by Gasteiger charge is -2.34. The Hall–Kier alpha value is -0.790. The smallest absolute Gasteiger partial charge is 0.331 e. The summed E-state index contributed by atoms with van der Waals surface area (Å²) in [4.78, 5) is 11.4. The van der Waals surface area contributed by atoms with Crippen LogP contribution >= 0.6 is 0 Å². The molecule has 1 rings (SSSR count). The standard InChI is InChI=1S/C19H34O2/c1-4-6-8-10-12-16-19(3,15-11-9-7-5-2)17-13-14-18(20)21-17/h13-14,17H,4-12,15-16H2,1-3H3. The first kappa shape index (κ1) is 18.3. The molecule has 0 radical (unpaired) electrons. The van der Waals surface area contributed by atoms with E-state index in [1.54, 1.807) is 6.08 Å². The molecule has 122 valence electrons. The Labute approximate surface area is 131 Å². The second kappa shape index (κ2) is 10.0. The molecule has 2 heteroatoms. The number of cyclic esters (lactones) is 1. The van der Waals surface area contributed by atoms with Gasteiger partial charge in [0.05, 0.1) is 0 Å². The van der Waals surface area contributed by atoms with Crippen LogP contribution in [0, 0.1) is 5.41 Å². The highest BCUT2D eigenvalue weighted by Gasteiger charge is 2.36. The molecule has 1 heterocycles. The van der Waals surface area contributed by atoms with Gasteiger partial charge in [0.15, 0.2) is 0 Å². The molecule has 1 aliphatic heterocycles. The van der Waals surface area contributed by atoms with Crippen molar-refractivity contribution in [1.29, 1.82) is 0 Å². The second-order valence-corrected chi connectivity index (χ2v) is 6.85. The van der Waals surface area contributed by atoms with Crippen LogP contribution in [-0.4, -0.2) is 12.1 Å². The minimum atomic E-state index is -0.161. The van der Waals surface area contributed by atoms with Gasteiger partial charge in [-0.2, -0.15) is 0 Å². The van der Waals surface area contributed by atoms with Crippen LogP contribution in [-0.2, 0) is 9.53 Å². The van der Waals surface area contributed by atoms with E-state index in [0.29, 0.717) is 0 Å². The van der Waals surface area contributed by atoms with Crippen molar-refractivity contribution in [3.8, 4) is 0 Å². The fraction of sp³-hybridized carbons (Fsp3) is 0.842. The van der Waals surface area contributed by atoms with Gasteiger partial charge < -0.3 is 4.74 Å². The Balaban J connectivity index is 2.44. The lowest BCUT2D eigenvalue weighted by Crippen LogP contribution is -2.32. The fourth-order valence-corrected chi connectivity index (χ4v) is 3.24. The van der Waals surface area contributed by atoms with Crippen molar-refractivity contribution in [2.45, 2.75) is 97.5 Å². The first-order valence-corrected chi connectivity index (χ1v) is 9.01. The minimum Gasteiger partial charge on any atom is -0.454 e. The Morgan fingerprint density at radius 3 is 1.95 bits per heavy atom. The van der Waals surface area contributed by atoms with Crippen LogP contribution in [0.2, 0.25) is 0 Å². The molecule has 0 fully saturated rings. The topological polar surface area (TPSA) is 26.3 Å². The molecule has 0 aromatic carbocycles. The molecule has 0 aromatic rings. The van der Waals surface area contributed by atoms with Gasteiger partial charge in [0, 0.05) is 11.5 Å². The van der Waals surface area contributed by atoms with E-state index in [0.717, 1.165) is 0 Å². The monoisotopic (exact) mass is 294 g/mol. The van der Waals surface area contributed by atoms with Crippen molar-refractivity contribution in [2.24, 2.45) is 5.41 Å². The lowest BCUT2D eigenvalue weighted by molar-refractivity contribution is -0.143. The van der Waals surface area contributed by atoms with E-state index < -0.39 is 0 Å². The molecule has 2 unspecified atom stereocenters. The van der Waals surface area contributed by atoms with Crippen LogP contribution in [0.5, 0.6) is 0 Å². The molecule has 21 heavy (non-hydrogen) atoms. The van der Waals surface area contributed by atoms with Gasteiger partial charge in [0.25, 0.3) is 0 Å². The Bertz CT molecular complexity index is 322. The number of esters is 1. The van der Waals surface area contributed by atoms with E-state index >= 15 is 0 Å². The van der Waals surface area contributed by atoms with Crippen molar-refractivity contribution in [2.75, 3.05) is 0 Å². The zero-order chi connectivity index (χ0) is 15.6. The van der Waals surface area contributed by atoms with Gasteiger partial charge in [-0.25, -0.2) is 4.79 Å². The number of hydrogen-bond donors (Lipinski definition) is 0. The van der Waals surface area contributed by atoms with E-state index in [1.165, 1.54) is 70.6 Å². The largest absolute Gasteiger partial charge is 0.454 e. The summed E-state index contributed by atoms with van der Waals surface area (Å²) in [6.45, 7) is 6.81. The highest BCUT2D eigenvalue weighted by molar-refractivity contribution is 5.84. The maximum absolute atomic E-state index is 11.4. The van der Waals surface area contributed by atoms with Crippen LogP contribution in [0.1, 0.15) is 91.4 Å². The summed E-state index contributed by atoms with van der Waals surface area (Å²) < 4.78 is 5.51. The van der Waals surface area contributed by atoms with E-state index in [1.807, 2.05) is 6.08 Å². The van der Waals surface area contributed by atoms with Crippen LogP contribution < -0.4 is 0 Å². The minimum absolute atomic E-state index is 0.00204. The van der Waals surface area contributed by atoms with Gasteiger partial charge in [0.1, 0.15) is 6.10 Å². The molecular weight excluding hydrogens is 260 g/mol. The summed E-state index contributed by atoms with van der Waals surface area (Å²) in [6.07, 6.45) is 17.6. The maximum Gasteiger partial charge on any atom is 0.331 e. The summed E-state index contributed by atoms with van der Waals surface area (Å²) >= 11 is 0. The summed E-state index contributed by atoms with van der Waals surface area (Å²) in [6, 6.07) is 0. The molecule has 0 aliphatic carbocycles. The Morgan fingerprint density at radius 2 is 1.48 bits per heavy atom. The molecule has 2 atom stereocenters. The molecule has 1 aliphatic rings. The van der Waals surface area contributed by atoms with Crippen LogP contribution in [0.4, 0.5) is 0 Å². The third kappa shape index (κ3) is 6.67. The van der Waals surface area contributed by atoms with Gasteiger partial charge >= 0.3 is 5.97 Å². The van der Waals surface area contributed by atoms with Crippen molar-refractivity contribution >= 4 is 5.97 Å². The average Bonchev–Trinajstić information content (AvgIpc) is 2.91. The van der Waals surface area contributed by atoms with Crippen LogP contribution in [0.15, 0.2) is 12.2 Å². The fourth-order valence-electron chi connectivity index (χ4n) is 3.24. The molecule has 0 bridgehead atoms. The van der Waals surface area contributed by atoms with Crippen LogP contribution in [0.25, 0.3) is 0 Å². The van der Waals surface area contributed by atoms with E-state index in [4.69, 9.17) is 4.74 Å². The van der Waals surface area contributed by atoms with Crippen molar-refractivity contribution < 1.29 is 9.53 Å². The van der Waals surface area contributed by atoms with Gasteiger partial charge in [0.2, 0.25) is 0 Å². The number of unbranched alkanes of at least 4 members (excludes halogenated alkanes) is 7. The first-order valence-electron chi connectivity index (χ1n) is 9.01. The molecule has 0 N–H and O–H groups in total. The number of carbonyl (C=O) groups excluding carboxylic acids is 1. The molecule has 0 spiro atoms. The SMILES string of the molecule is CCCCCCCC(C)(CCCCCC)C1C=CC(=O)O1. The normalized spacial score (nSPS) is 20.5. The van der Waals surface area contributed by atoms with Gasteiger partial charge in [-0.05, 0) is 18.9 Å². The summed E-state index contributed by atoms with van der Waals surface area (Å²) in [5.41, 5.74) is 0.128. The molecule has 0 saturated carbocycles. The molecule has 0 amide bonds. The van der Waals surface area contributed by atoms with Crippen LogP contribution in [0.3, 0.4) is 0 Å². The number of hydrogen-bond acceptors (Lipinski definition) is 2. The lowest BCUT2D eigenvalue weighted by atomic mass is 9.75. The van der Waals surface area contributed by atoms with Gasteiger partial charge in [-0.15, -0.1) is 0 Å². The predicted molar refractivity (Wildman–Crippen MR) is 89.3 cm³/mol. The molecule has 2 nitrogen and oxygen atoms in total. The van der Waals surface area contributed by atoms with E-state index in [2.05, 4.69) is 20.8 Å². The Morgan fingerprint density at radius 1 is 0.952 bits per heavy atom.